The molecule has 0 aliphatic carbocycles. The van der Waals surface area contributed by atoms with Gasteiger partial charge in [0.15, 0.2) is 11.6 Å². The average Bonchev–Trinajstić information content (AvgIpc) is 4.01. The molecule has 0 N–H and O–H groups in total. The van der Waals surface area contributed by atoms with Gasteiger partial charge in [0.25, 0.3) is 0 Å². The third-order valence-corrected chi connectivity index (χ3v) is 11.8. The number of aromatic nitrogens is 4. The third-order valence-electron chi connectivity index (χ3n) is 11.8. The molecular formula is C56H38N4O2. The molecule has 0 radical (unpaired) electrons. The van der Waals surface area contributed by atoms with Crippen molar-refractivity contribution in [1.29, 1.82) is 0 Å². The number of furan rings is 2. The van der Waals surface area contributed by atoms with E-state index in [-0.39, 0.29) is 0 Å². The second-order valence-electron chi connectivity index (χ2n) is 15.9. The topological polar surface area (TPSA) is 69.9 Å². The average molecular weight is 799 g/mol. The van der Waals surface area contributed by atoms with Crippen LogP contribution in [0, 0.1) is 0 Å². The first kappa shape index (κ1) is 35.8. The molecule has 6 nitrogen and oxygen atoms in total. The normalized spacial score (nSPS) is 11.8. The van der Waals surface area contributed by atoms with Crippen LogP contribution < -0.4 is 0 Å². The summed E-state index contributed by atoms with van der Waals surface area (Å²) in [6.07, 6.45) is 1.25. The summed E-state index contributed by atoms with van der Waals surface area (Å²) in [4.78, 5) is 16.0. The minimum atomic E-state index is 0.523. The zero-order valence-electron chi connectivity index (χ0n) is 34.1. The Bertz CT molecular complexity index is 3890. The fourth-order valence-corrected chi connectivity index (χ4v) is 9.18. The molecule has 0 spiro atoms. The van der Waals surface area contributed by atoms with Crippen LogP contribution in [-0.4, -0.2) is 19.5 Å². The Kier molecular flexibility index (Phi) is 8.25. The molecule has 0 bridgehead atoms. The maximum Gasteiger partial charge on any atom is 0.238 e. The predicted molar refractivity (Wildman–Crippen MR) is 256 cm³/mol. The van der Waals surface area contributed by atoms with E-state index >= 15 is 0 Å². The van der Waals surface area contributed by atoms with Gasteiger partial charge in [-0.3, -0.25) is 4.57 Å². The van der Waals surface area contributed by atoms with E-state index in [4.69, 9.17) is 23.8 Å². The summed E-state index contributed by atoms with van der Waals surface area (Å²) in [7, 11) is 0. The molecule has 9 aromatic carbocycles. The molecule has 0 aliphatic heterocycles. The summed E-state index contributed by atoms with van der Waals surface area (Å²) in [5.41, 5.74) is 9.21. The number of para-hydroxylation sites is 3. The molecule has 0 fully saturated rings. The molecule has 4 heterocycles. The molecule has 0 unspecified atom stereocenters. The second kappa shape index (κ2) is 14.3. The smallest absolute Gasteiger partial charge is 0.238 e. The van der Waals surface area contributed by atoms with Crippen molar-refractivity contribution in [3.63, 3.8) is 0 Å². The van der Waals surface area contributed by atoms with Crippen LogP contribution in [0.25, 0.3) is 127 Å². The van der Waals surface area contributed by atoms with E-state index in [0.717, 1.165) is 104 Å². The molecule has 0 aliphatic rings. The summed E-state index contributed by atoms with van der Waals surface area (Å²) in [5, 5.41) is 11.1. The lowest BCUT2D eigenvalue weighted by atomic mass is 9.96. The summed E-state index contributed by atoms with van der Waals surface area (Å²) in [6.45, 7) is 4.25. The molecule has 13 rings (SSSR count). The highest BCUT2D eigenvalue weighted by molar-refractivity contribution is 6.25. The van der Waals surface area contributed by atoms with Crippen LogP contribution >= 0.6 is 0 Å². The van der Waals surface area contributed by atoms with Crippen LogP contribution in [0.1, 0.15) is 20.3 Å². The van der Waals surface area contributed by atoms with Crippen molar-refractivity contribution in [2.24, 2.45) is 0 Å². The Hall–Kier alpha value is -8.09. The molecule has 13 aromatic rings. The van der Waals surface area contributed by atoms with Gasteiger partial charge < -0.3 is 8.83 Å². The molecule has 0 saturated heterocycles. The van der Waals surface area contributed by atoms with E-state index < -0.39 is 0 Å². The van der Waals surface area contributed by atoms with Gasteiger partial charge in [-0.1, -0.05) is 160 Å². The van der Waals surface area contributed by atoms with Crippen molar-refractivity contribution < 1.29 is 8.83 Å². The van der Waals surface area contributed by atoms with Gasteiger partial charge in [-0.2, -0.15) is 9.97 Å². The van der Waals surface area contributed by atoms with Gasteiger partial charge in [0.1, 0.15) is 22.3 Å². The van der Waals surface area contributed by atoms with Crippen molar-refractivity contribution in [3.8, 4) is 39.9 Å². The highest BCUT2D eigenvalue weighted by Crippen LogP contribution is 2.44. The van der Waals surface area contributed by atoms with E-state index in [2.05, 4.69) is 164 Å². The highest BCUT2D eigenvalue weighted by Gasteiger charge is 2.24. The monoisotopic (exact) mass is 798 g/mol. The Morgan fingerprint density at radius 1 is 0.403 bits per heavy atom. The van der Waals surface area contributed by atoms with Crippen molar-refractivity contribution in [2.75, 3.05) is 0 Å². The van der Waals surface area contributed by atoms with Gasteiger partial charge in [0.2, 0.25) is 5.95 Å². The summed E-state index contributed by atoms with van der Waals surface area (Å²) >= 11 is 0. The standard InChI is InChI=1S/C53H30N4O2.C3H8/c1-2-13-33-29-34(24-23-31(33)11-1)51-54-52(35-25-27-38-37-15-5-7-20-44(37)59-47(38)30-35)56-53(55-51)57-43-28-26-32-12-3-4-14-36(32)48(43)42-19-9-18-40(50(42)57)39-17-10-22-46-49(39)41-16-6-8-21-45(41)58-46;1-3-2/h1-30H;3H2,1-2H3. The zero-order valence-corrected chi connectivity index (χ0v) is 34.1. The number of hydrogen-bond donors (Lipinski definition) is 0. The molecule has 6 heteroatoms. The fraction of sp³-hybridized carbons (Fsp3) is 0.0536. The third kappa shape index (κ3) is 5.61. The maximum atomic E-state index is 6.42. The largest absolute Gasteiger partial charge is 0.456 e. The second-order valence-corrected chi connectivity index (χ2v) is 15.9. The van der Waals surface area contributed by atoms with Crippen LogP contribution in [0.4, 0.5) is 0 Å². The van der Waals surface area contributed by atoms with Gasteiger partial charge in [0.05, 0.1) is 11.0 Å². The molecule has 294 valence electrons. The predicted octanol–water partition coefficient (Wildman–Crippen LogP) is 15.5. The van der Waals surface area contributed by atoms with Crippen molar-refractivity contribution in [1.82, 2.24) is 19.5 Å². The minimum absolute atomic E-state index is 0.523. The summed E-state index contributed by atoms with van der Waals surface area (Å²) in [6, 6.07) is 63.3. The minimum Gasteiger partial charge on any atom is -0.456 e. The van der Waals surface area contributed by atoms with E-state index in [1.807, 2.05) is 36.4 Å². The number of hydrogen-bond acceptors (Lipinski definition) is 5. The first-order valence-electron chi connectivity index (χ1n) is 21.2. The van der Waals surface area contributed by atoms with Crippen molar-refractivity contribution >= 4 is 87.2 Å². The van der Waals surface area contributed by atoms with E-state index in [0.29, 0.717) is 17.6 Å². The van der Waals surface area contributed by atoms with Gasteiger partial charge in [-0.25, -0.2) is 4.98 Å². The van der Waals surface area contributed by atoms with Gasteiger partial charge >= 0.3 is 0 Å². The number of nitrogens with zero attached hydrogens (tertiary/aromatic N) is 4. The fourth-order valence-electron chi connectivity index (χ4n) is 9.18. The molecule has 0 amide bonds. The van der Waals surface area contributed by atoms with Gasteiger partial charge in [0, 0.05) is 49.0 Å². The molecule has 4 aromatic heterocycles. The Morgan fingerprint density at radius 2 is 0.968 bits per heavy atom. The lowest BCUT2D eigenvalue weighted by Gasteiger charge is -2.14. The quantitative estimate of drug-likeness (QED) is 0.177. The van der Waals surface area contributed by atoms with Crippen LogP contribution in [-0.2, 0) is 0 Å². The Morgan fingerprint density at radius 3 is 1.79 bits per heavy atom. The lowest BCUT2D eigenvalue weighted by molar-refractivity contribution is 0.668. The molecule has 62 heavy (non-hydrogen) atoms. The summed E-state index contributed by atoms with van der Waals surface area (Å²) < 4.78 is 15.0. The molecule has 0 saturated carbocycles. The van der Waals surface area contributed by atoms with Crippen LogP contribution in [0.5, 0.6) is 0 Å². The van der Waals surface area contributed by atoms with E-state index in [9.17, 15) is 0 Å². The first-order valence-corrected chi connectivity index (χ1v) is 21.2. The maximum absolute atomic E-state index is 6.42. The first-order chi connectivity index (χ1) is 30.6. The van der Waals surface area contributed by atoms with Crippen molar-refractivity contribution in [2.45, 2.75) is 20.3 Å². The highest BCUT2D eigenvalue weighted by atomic mass is 16.3. The SMILES string of the molecule is CCC.c1ccc2cc(-c3nc(-c4ccc5c(c4)oc4ccccc45)nc(-n4c5ccc6ccccc6c5c5cccc(-c6cccc7oc8ccccc8c67)c54)n3)ccc2c1. The zero-order chi connectivity index (χ0) is 41.3. The molecule has 0 atom stereocenters. The number of fused-ring (bicyclic) bond motifs is 12. The van der Waals surface area contributed by atoms with Crippen LogP contribution in [0.3, 0.4) is 0 Å². The number of rotatable bonds is 4. The number of benzene rings is 9. The van der Waals surface area contributed by atoms with Crippen LogP contribution in [0.15, 0.2) is 191 Å². The van der Waals surface area contributed by atoms with E-state index in [1.54, 1.807) is 0 Å². The summed E-state index contributed by atoms with van der Waals surface area (Å²) in [5.74, 6) is 1.66. The van der Waals surface area contributed by atoms with Gasteiger partial charge in [-0.05, 0) is 69.6 Å². The van der Waals surface area contributed by atoms with Crippen LogP contribution in [0.2, 0.25) is 0 Å². The Balaban J connectivity index is 0.00000133. The van der Waals surface area contributed by atoms with E-state index in [1.165, 1.54) is 11.8 Å². The van der Waals surface area contributed by atoms with Crippen molar-refractivity contribution in [3.05, 3.63) is 182 Å². The lowest BCUT2D eigenvalue weighted by Crippen LogP contribution is -2.07. The Labute approximate surface area is 356 Å². The van der Waals surface area contributed by atoms with Gasteiger partial charge in [-0.15, -0.1) is 0 Å². The molecular weight excluding hydrogens is 761 g/mol.